The first-order valence-electron chi connectivity index (χ1n) is 9.83. The molecule has 1 heterocycles. The highest BCUT2D eigenvalue weighted by Crippen LogP contribution is 2.30. The molecule has 1 N–H and O–H groups in total. The van der Waals surface area contributed by atoms with Gasteiger partial charge in [-0.15, -0.1) is 0 Å². The summed E-state index contributed by atoms with van der Waals surface area (Å²) in [7, 11) is 0. The number of rotatable bonds is 4. The van der Waals surface area contributed by atoms with Crippen molar-refractivity contribution in [2.45, 2.75) is 58.6 Å². The molecular weight excluding hydrogens is 364 g/mol. The van der Waals surface area contributed by atoms with Crippen molar-refractivity contribution in [3.63, 3.8) is 0 Å². The maximum Gasteiger partial charge on any atom is 0.412 e. The summed E-state index contributed by atoms with van der Waals surface area (Å²) >= 11 is 0. The van der Waals surface area contributed by atoms with Gasteiger partial charge in [-0.3, -0.25) is 15.1 Å². The maximum atomic E-state index is 12.7. The summed E-state index contributed by atoms with van der Waals surface area (Å²) in [5.74, 6) is 0.0453. The molecule has 0 fully saturated rings. The van der Waals surface area contributed by atoms with Crippen LogP contribution < -0.4 is 5.32 Å². The maximum absolute atomic E-state index is 12.7. The fraction of sp³-hybridized carbons (Fsp3) is 0.375. The number of anilines is 1. The summed E-state index contributed by atoms with van der Waals surface area (Å²) in [5, 5.41) is 2.79. The van der Waals surface area contributed by atoms with E-state index >= 15 is 0 Å². The highest BCUT2D eigenvalue weighted by Gasteiger charge is 2.28. The van der Waals surface area contributed by atoms with E-state index in [0.717, 1.165) is 23.3 Å². The molecule has 1 aliphatic rings. The van der Waals surface area contributed by atoms with E-state index in [-0.39, 0.29) is 17.7 Å². The molecule has 0 aromatic heterocycles. The van der Waals surface area contributed by atoms with Gasteiger partial charge >= 0.3 is 6.09 Å². The van der Waals surface area contributed by atoms with Gasteiger partial charge in [0.25, 0.3) is 0 Å². The monoisotopic (exact) mass is 392 g/mol. The molecule has 0 atom stereocenters. The number of fused-ring (bicyclic) bond motifs is 1. The Hall–Kier alpha value is -2.95. The first kappa shape index (κ1) is 20.8. The topological polar surface area (TPSA) is 67.8 Å². The lowest BCUT2D eigenvalue weighted by atomic mass is 9.85. The average molecular weight is 392 g/mol. The van der Waals surface area contributed by atoms with Crippen LogP contribution in [0.15, 0.2) is 53.5 Å². The summed E-state index contributed by atoms with van der Waals surface area (Å²) in [6.45, 7) is 9.59. The second-order valence-electron chi connectivity index (χ2n) is 9.01. The van der Waals surface area contributed by atoms with Gasteiger partial charge < -0.3 is 4.74 Å². The fourth-order valence-corrected chi connectivity index (χ4v) is 3.46. The SMILES string of the molecule is CC1(C)Cc2cc(NC(=O)OC(C)(C)C)ccc2C(CC(=O)c2ccccc2)=N1. The molecular formula is C24H28N2O3. The molecule has 0 aliphatic carbocycles. The summed E-state index contributed by atoms with van der Waals surface area (Å²) in [4.78, 5) is 29.7. The van der Waals surface area contributed by atoms with Crippen molar-refractivity contribution in [3.05, 3.63) is 65.2 Å². The minimum absolute atomic E-state index is 0.0453. The van der Waals surface area contributed by atoms with Gasteiger partial charge in [0.15, 0.2) is 5.78 Å². The van der Waals surface area contributed by atoms with Crippen LogP contribution in [0.2, 0.25) is 0 Å². The van der Waals surface area contributed by atoms with E-state index in [4.69, 9.17) is 9.73 Å². The van der Waals surface area contributed by atoms with Gasteiger partial charge in [0.05, 0.1) is 17.7 Å². The normalized spacial score (nSPS) is 15.1. The van der Waals surface area contributed by atoms with Crippen LogP contribution in [-0.2, 0) is 11.2 Å². The van der Waals surface area contributed by atoms with Crippen molar-refractivity contribution in [2.75, 3.05) is 5.32 Å². The van der Waals surface area contributed by atoms with E-state index in [9.17, 15) is 9.59 Å². The molecule has 0 bridgehead atoms. The molecule has 5 nitrogen and oxygen atoms in total. The third-order valence-corrected chi connectivity index (χ3v) is 4.55. The molecule has 0 saturated carbocycles. The number of Topliss-reactive ketones (excluding diaryl/α,β-unsaturated/α-hetero) is 1. The van der Waals surface area contributed by atoms with Gasteiger partial charge in [-0.1, -0.05) is 36.4 Å². The van der Waals surface area contributed by atoms with E-state index in [1.807, 2.05) is 69.3 Å². The highest BCUT2D eigenvalue weighted by molar-refractivity contribution is 6.17. The van der Waals surface area contributed by atoms with E-state index < -0.39 is 11.7 Å². The Labute approximate surface area is 172 Å². The van der Waals surface area contributed by atoms with Gasteiger partial charge in [0, 0.05) is 11.3 Å². The Morgan fingerprint density at radius 2 is 1.79 bits per heavy atom. The predicted molar refractivity (Wildman–Crippen MR) is 116 cm³/mol. The molecule has 29 heavy (non-hydrogen) atoms. The molecule has 0 unspecified atom stereocenters. The fourth-order valence-electron chi connectivity index (χ4n) is 3.46. The van der Waals surface area contributed by atoms with Gasteiger partial charge in [-0.25, -0.2) is 4.79 Å². The Kier molecular flexibility index (Phi) is 5.60. The molecule has 2 aromatic carbocycles. The summed E-state index contributed by atoms with van der Waals surface area (Å²) < 4.78 is 5.33. The van der Waals surface area contributed by atoms with Crippen LogP contribution in [0.1, 0.15) is 62.5 Å². The van der Waals surface area contributed by atoms with Crippen molar-refractivity contribution in [1.29, 1.82) is 0 Å². The zero-order valence-corrected chi connectivity index (χ0v) is 17.7. The highest BCUT2D eigenvalue weighted by atomic mass is 16.6. The number of nitrogens with one attached hydrogen (secondary N) is 1. The van der Waals surface area contributed by atoms with Crippen molar-refractivity contribution < 1.29 is 14.3 Å². The Morgan fingerprint density at radius 1 is 1.10 bits per heavy atom. The number of nitrogens with zero attached hydrogens (tertiary/aromatic N) is 1. The third-order valence-electron chi connectivity index (χ3n) is 4.55. The molecule has 152 valence electrons. The first-order chi connectivity index (χ1) is 13.5. The number of ether oxygens (including phenoxy) is 1. The van der Waals surface area contributed by atoms with Crippen LogP contribution in [0.3, 0.4) is 0 Å². The van der Waals surface area contributed by atoms with Gasteiger partial charge in [-0.05, 0) is 64.3 Å². The molecule has 3 rings (SSSR count). The van der Waals surface area contributed by atoms with Crippen molar-refractivity contribution in [1.82, 2.24) is 0 Å². The van der Waals surface area contributed by atoms with E-state index in [1.54, 1.807) is 0 Å². The lowest BCUT2D eigenvalue weighted by Crippen LogP contribution is -2.30. The number of amides is 1. The summed E-state index contributed by atoms with van der Waals surface area (Å²) in [6, 6.07) is 15.0. The number of carbonyl (C=O) groups is 2. The molecule has 0 radical (unpaired) electrons. The number of hydrogen-bond acceptors (Lipinski definition) is 4. The van der Waals surface area contributed by atoms with Gasteiger partial charge in [0.1, 0.15) is 5.60 Å². The van der Waals surface area contributed by atoms with Crippen LogP contribution in [0.4, 0.5) is 10.5 Å². The number of carbonyl (C=O) groups excluding carboxylic acids is 2. The molecule has 1 amide bonds. The zero-order chi connectivity index (χ0) is 21.2. The van der Waals surface area contributed by atoms with Crippen molar-refractivity contribution in [2.24, 2.45) is 4.99 Å². The number of benzene rings is 2. The number of aliphatic imine (C=N–C) groups is 1. The predicted octanol–water partition coefficient (Wildman–Crippen LogP) is 5.43. The molecule has 5 heteroatoms. The Bertz CT molecular complexity index is 954. The largest absolute Gasteiger partial charge is 0.444 e. The smallest absolute Gasteiger partial charge is 0.412 e. The average Bonchev–Trinajstić information content (AvgIpc) is 2.59. The van der Waals surface area contributed by atoms with E-state index in [0.29, 0.717) is 11.3 Å². The summed E-state index contributed by atoms with van der Waals surface area (Å²) in [5.41, 5.74) is 3.29. The van der Waals surface area contributed by atoms with Crippen molar-refractivity contribution in [3.8, 4) is 0 Å². The van der Waals surface area contributed by atoms with Crippen molar-refractivity contribution >= 4 is 23.3 Å². The van der Waals surface area contributed by atoms with E-state index in [1.165, 1.54) is 0 Å². The van der Waals surface area contributed by atoms with Gasteiger partial charge in [0.2, 0.25) is 0 Å². The van der Waals surface area contributed by atoms with Crippen LogP contribution in [0.5, 0.6) is 0 Å². The second kappa shape index (κ2) is 7.82. The van der Waals surface area contributed by atoms with Crippen LogP contribution in [0.25, 0.3) is 0 Å². The third kappa shape index (κ3) is 5.53. The quantitative estimate of drug-likeness (QED) is 0.706. The minimum atomic E-state index is -0.558. The lowest BCUT2D eigenvalue weighted by molar-refractivity contribution is 0.0635. The molecule has 2 aromatic rings. The van der Waals surface area contributed by atoms with E-state index in [2.05, 4.69) is 19.2 Å². The van der Waals surface area contributed by atoms with Gasteiger partial charge in [-0.2, -0.15) is 0 Å². The van der Waals surface area contributed by atoms with Crippen LogP contribution >= 0.6 is 0 Å². The first-order valence-corrected chi connectivity index (χ1v) is 9.83. The lowest BCUT2D eigenvalue weighted by Gasteiger charge is -2.29. The standard InChI is InChI=1S/C24H28N2O3/c1-23(2,3)29-22(28)25-18-11-12-19-17(13-18)15-24(4,5)26-20(19)14-21(27)16-9-7-6-8-10-16/h6-13H,14-15H2,1-5H3,(H,25,28). The molecule has 0 spiro atoms. The molecule has 0 saturated heterocycles. The number of ketones is 1. The Morgan fingerprint density at radius 3 is 2.45 bits per heavy atom. The Balaban J connectivity index is 1.84. The second-order valence-corrected chi connectivity index (χ2v) is 9.01. The minimum Gasteiger partial charge on any atom is -0.444 e. The summed E-state index contributed by atoms with van der Waals surface area (Å²) in [6.07, 6.45) is 0.495. The molecule has 1 aliphatic heterocycles. The van der Waals surface area contributed by atoms with Crippen LogP contribution in [0, 0.1) is 0 Å². The van der Waals surface area contributed by atoms with Crippen LogP contribution in [-0.4, -0.2) is 28.7 Å². The number of hydrogen-bond donors (Lipinski definition) is 1. The zero-order valence-electron chi connectivity index (χ0n) is 17.7.